The molecule has 2 aliphatic rings. The molecule has 4 nitrogen and oxygen atoms in total. The fourth-order valence-electron chi connectivity index (χ4n) is 4.02. The van der Waals surface area contributed by atoms with Crippen LogP contribution in [-0.2, 0) is 4.74 Å². The van der Waals surface area contributed by atoms with Gasteiger partial charge in [-0.15, -0.1) is 12.4 Å². The topological polar surface area (TPSA) is 41.6 Å². The number of hydrogen-bond donors (Lipinski definition) is 1. The summed E-state index contributed by atoms with van der Waals surface area (Å²) >= 11 is 0. The molecule has 0 radical (unpaired) electrons. The van der Waals surface area contributed by atoms with Crippen molar-refractivity contribution in [3.8, 4) is 0 Å². The molecular formula is C19H29ClN2O2. The van der Waals surface area contributed by atoms with Crippen molar-refractivity contribution in [3.63, 3.8) is 0 Å². The van der Waals surface area contributed by atoms with E-state index in [-0.39, 0.29) is 23.9 Å². The summed E-state index contributed by atoms with van der Waals surface area (Å²) in [6.07, 6.45) is 6.20. The lowest BCUT2D eigenvalue weighted by molar-refractivity contribution is -0.0361. The van der Waals surface area contributed by atoms with E-state index < -0.39 is 0 Å². The predicted octanol–water partition coefficient (Wildman–Crippen LogP) is 3.18. The van der Waals surface area contributed by atoms with Crippen molar-refractivity contribution in [2.75, 3.05) is 32.8 Å². The van der Waals surface area contributed by atoms with Gasteiger partial charge in [-0.25, -0.2) is 0 Å². The van der Waals surface area contributed by atoms with Gasteiger partial charge in [0.05, 0.1) is 13.2 Å². The van der Waals surface area contributed by atoms with Gasteiger partial charge in [0.25, 0.3) is 5.91 Å². The fraction of sp³-hybridized carbons (Fsp3) is 0.632. The van der Waals surface area contributed by atoms with E-state index in [1.54, 1.807) is 0 Å². The smallest absolute Gasteiger partial charge is 0.251 e. The van der Waals surface area contributed by atoms with Crippen molar-refractivity contribution < 1.29 is 9.53 Å². The van der Waals surface area contributed by atoms with Gasteiger partial charge < -0.3 is 10.1 Å². The molecule has 0 aromatic heterocycles. The maximum Gasteiger partial charge on any atom is 0.251 e. The molecule has 0 atom stereocenters. The standard InChI is InChI=1S/C19H28N2O2.ClH/c1-16-7-3-4-8-17(16)18(22)20-15-19(9-5-2-6-10-19)21-11-13-23-14-12-21;/h3-4,7-8H,2,5-6,9-15H2,1H3,(H,20,22);1H. The lowest BCUT2D eigenvalue weighted by atomic mass is 9.79. The highest BCUT2D eigenvalue weighted by Gasteiger charge is 2.38. The van der Waals surface area contributed by atoms with E-state index in [4.69, 9.17) is 4.74 Å². The second-order valence-corrected chi connectivity index (χ2v) is 6.88. The number of aryl methyl sites for hydroxylation is 1. The first-order valence-electron chi connectivity index (χ1n) is 8.88. The van der Waals surface area contributed by atoms with Crippen molar-refractivity contribution in [2.24, 2.45) is 0 Å². The number of hydrogen-bond acceptors (Lipinski definition) is 3. The molecule has 3 rings (SSSR count). The lowest BCUT2D eigenvalue weighted by Crippen LogP contribution is -2.59. The van der Waals surface area contributed by atoms with E-state index in [0.717, 1.165) is 44.0 Å². The molecule has 1 N–H and O–H groups in total. The second kappa shape index (κ2) is 8.84. The minimum absolute atomic E-state index is 0. The lowest BCUT2D eigenvalue weighted by Gasteiger charge is -2.48. The maximum absolute atomic E-state index is 12.6. The highest BCUT2D eigenvalue weighted by Crippen LogP contribution is 2.34. The number of carbonyl (C=O) groups is 1. The molecule has 1 saturated carbocycles. The Hall–Kier alpha value is -1.10. The van der Waals surface area contributed by atoms with Crippen LogP contribution in [0.4, 0.5) is 0 Å². The molecule has 0 spiro atoms. The Labute approximate surface area is 151 Å². The maximum atomic E-state index is 12.6. The number of nitrogens with one attached hydrogen (secondary N) is 1. The number of ether oxygens (including phenoxy) is 1. The third-order valence-electron chi connectivity index (χ3n) is 5.43. The summed E-state index contributed by atoms with van der Waals surface area (Å²) < 4.78 is 5.52. The van der Waals surface area contributed by atoms with Gasteiger partial charge in [0.2, 0.25) is 0 Å². The van der Waals surface area contributed by atoms with Crippen LogP contribution >= 0.6 is 12.4 Å². The number of halogens is 1. The van der Waals surface area contributed by atoms with E-state index in [9.17, 15) is 4.79 Å². The molecule has 1 heterocycles. The fourth-order valence-corrected chi connectivity index (χ4v) is 4.02. The van der Waals surface area contributed by atoms with Crippen molar-refractivity contribution in [1.82, 2.24) is 10.2 Å². The van der Waals surface area contributed by atoms with E-state index >= 15 is 0 Å². The summed E-state index contributed by atoms with van der Waals surface area (Å²) in [6.45, 7) is 6.34. The zero-order valence-electron chi connectivity index (χ0n) is 14.6. The van der Waals surface area contributed by atoms with Crippen LogP contribution in [0, 0.1) is 6.92 Å². The molecule has 1 aromatic rings. The van der Waals surface area contributed by atoms with Gasteiger partial charge in [-0.2, -0.15) is 0 Å². The van der Waals surface area contributed by atoms with Crippen molar-refractivity contribution in [3.05, 3.63) is 35.4 Å². The Bertz CT molecular complexity index is 538. The monoisotopic (exact) mass is 352 g/mol. The summed E-state index contributed by atoms with van der Waals surface area (Å²) in [5, 5.41) is 3.23. The van der Waals surface area contributed by atoms with Gasteiger partial charge in [-0.3, -0.25) is 9.69 Å². The normalized spacial score (nSPS) is 20.9. The van der Waals surface area contributed by atoms with Crippen LogP contribution in [-0.4, -0.2) is 49.2 Å². The highest BCUT2D eigenvalue weighted by molar-refractivity contribution is 5.95. The first-order valence-corrected chi connectivity index (χ1v) is 8.88. The first kappa shape index (κ1) is 19.2. The van der Waals surface area contributed by atoms with Crippen LogP contribution in [0.3, 0.4) is 0 Å². The molecule has 0 unspecified atom stereocenters. The van der Waals surface area contributed by atoms with Gasteiger partial charge in [0.15, 0.2) is 0 Å². The Balaban J connectivity index is 0.00000208. The number of amides is 1. The molecule has 1 aliphatic heterocycles. The van der Waals surface area contributed by atoms with Crippen LogP contribution in [0.15, 0.2) is 24.3 Å². The number of benzene rings is 1. The molecule has 1 aliphatic carbocycles. The molecule has 134 valence electrons. The molecule has 24 heavy (non-hydrogen) atoms. The van der Waals surface area contributed by atoms with Crippen LogP contribution < -0.4 is 5.32 Å². The molecule has 1 saturated heterocycles. The van der Waals surface area contributed by atoms with E-state index in [1.807, 2.05) is 31.2 Å². The minimum Gasteiger partial charge on any atom is -0.379 e. The summed E-state index contributed by atoms with van der Waals surface area (Å²) in [5.74, 6) is 0.0568. The minimum atomic E-state index is 0. The van der Waals surface area contributed by atoms with Crippen molar-refractivity contribution in [2.45, 2.75) is 44.6 Å². The molecule has 2 fully saturated rings. The molecule has 1 amide bonds. The average Bonchev–Trinajstić information content (AvgIpc) is 2.62. The van der Waals surface area contributed by atoms with Gasteiger partial charge >= 0.3 is 0 Å². The largest absolute Gasteiger partial charge is 0.379 e. The van der Waals surface area contributed by atoms with Crippen LogP contribution in [0.1, 0.15) is 48.0 Å². The van der Waals surface area contributed by atoms with Crippen LogP contribution in [0.25, 0.3) is 0 Å². The quantitative estimate of drug-likeness (QED) is 0.904. The summed E-state index contributed by atoms with van der Waals surface area (Å²) in [4.78, 5) is 15.1. The van der Waals surface area contributed by atoms with Crippen molar-refractivity contribution in [1.29, 1.82) is 0 Å². The third kappa shape index (κ3) is 4.29. The second-order valence-electron chi connectivity index (χ2n) is 6.88. The highest BCUT2D eigenvalue weighted by atomic mass is 35.5. The summed E-state index contributed by atoms with van der Waals surface area (Å²) in [7, 11) is 0. The Morgan fingerprint density at radius 3 is 2.50 bits per heavy atom. The Morgan fingerprint density at radius 2 is 1.83 bits per heavy atom. The van der Waals surface area contributed by atoms with Gasteiger partial charge in [0.1, 0.15) is 0 Å². The number of rotatable bonds is 4. The van der Waals surface area contributed by atoms with Gasteiger partial charge in [-0.1, -0.05) is 37.5 Å². The Kier molecular flexibility index (Phi) is 7.08. The zero-order chi connectivity index (χ0) is 16.1. The predicted molar refractivity (Wildman–Crippen MR) is 99.0 cm³/mol. The number of morpholine rings is 1. The molecule has 0 bridgehead atoms. The number of carbonyl (C=O) groups excluding carboxylic acids is 1. The van der Waals surface area contributed by atoms with Crippen molar-refractivity contribution >= 4 is 18.3 Å². The zero-order valence-corrected chi connectivity index (χ0v) is 15.4. The van der Waals surface area contributed by atoms with E-state index in [1.165, 1.54) is 32.1 Å². The first-order chi connectivity index (χ1) is 11.2. The molecule has 5 heteroatoms. The third-order valence-corrected chi connectivity index (χ3v) is 5.43. The summed E-state index contributed by atoms with van der Waals surface area (Å²) in [5.41, 5.74) is 1.95. The number of nitrogens with zero attached hydrogens (tertiary/aromatic N) is 1. The molecular weight excluding hydrogens is 324 g/mol. The van der Waals surface area contributed by atoms with Gasteiger partial charge in [-0.05, 0) is 31.4 Å². The average molecular weight is 353 g/mol. The summed E-state index contributed by atoms with van der Waals surface area (Å²) in [6, 6.07) is 7.81. The van der Waals surface area contributed by atoms with Crippen LogP contribution in [0.2, 0.25) is 0 Å². The molecule has 1 aromatic carbocycles. The van der Waals surface area contributed by atoms with Crippen LogP contribution in [0.5, 0.6) is 0 Å². The Morgan fingerprint density at radius 1 is 1.17 bits per heavy atom. The van der Waals surface area contributed by atoms with Gasteiger partial charge in [0, 0.05) is 30.7 Å². The van der Waals surface area contributed by atoms with E-state index in [0.29, 0.717) is 0 Å². The SMILES string of the molecule is Cc1ccccc1C(=O)NCC1(N2CCOCC2)CCCCC1.Cl. The van der Waals surface area contributed by atoms with E-state index in [2.05, 4.69) is 10.2 Å².